The average Bonchev–Trinajstić information content (AvgIpc) is 3.14. The molecule has 152 valence electrons. The fraction of sp³-hybridized carbons (Fsp3) is 0.391. The molecule has 0 radical (unpaired) electrons. The zero-order chi connectivity index (χ0) is 20.2. The molecule has 1 aliphatic rings. The first kappa shape index (κ1) is 19.4. The molecule has 0 saturated carbocycles. The maximum atomic E-state index is 13.0. The van der Waals surface area contributed by atoms with Gasteiger partial charge in [0, 0.05) is 32.1 Å². The van der Waals surface area contributed by atoms with Crippen LogP contribution in [0.1, 0.15) is 25.3 Å². The molecule has 1 aliphatic heterocycles. The summed E-state index contributed by atoms with van der Waals surface area (Å²) < 4.78 is 15.2. The van der Waals surface area contributed by atoms with Crippen molar-refractivity contribution in [1.82, 2.24) is 14.9 Å². The number of aryl methyl sites for hydroxylation is 1. The molecule has 5 nitrogen and oxygen atoms in total. The van der Waals surface area contributed by atoms with Crippen molar-refractivity contribution in [2.45, 2.75) is 32.7 Å². The number of halogens is 1. The molecule has 3 aromatic rings. The highest BCUT2D eigenvalue weighted by atomic mass is 19.1. The molecule has 0 unspecified atom stereocenters. The summed E-state index contributed by atoms with van der Waals surface area (Å²) in [7, 11) is 0. The highest BCUT2D eigenvalue weighted by Gasteiger charge is 2.27. The summed E-state index contributed by atoms with van der Waals surface area (Å²) in [5.41, 5.74) is 3.20. The van der Waals surface area contributed by atoms with E-state index < -0.39 is 0 Å². The Morgan fingerprint density at radius 3 is 2.59 bits per heavy atom. The van der Waals surface area contributed by atoms with E-state index in [0.717, 1.165) is 55.0 Å². The van der Waals surface area contributed by atoms with Crippen molar-refractivity contribution in [2.75, 3.05) is 24.5 Å². The van der Waals surface area contributed by atoms with Crippen LogP contribution in [0.25, 0.3) is 11.0 Å². The molecule has 1 amide bonds. The van der Waals surface area contributed by atoms with E-state index in [9.17, 15) is 9.18 Å². The molecule has 1 fully saturated rings. The van der Waals surface area contributed by atoms with Crippen molar-refractivity contribution in [3.8, 4) is 0 Å². The topological polar surface area (TPSA) is 50.2 Å². The van der Waals surface area contributed by atoms with Crippen LogP contribution in [0.3, 0.4) is 0 Å². The summed E-state index contributed by atoms with van der Waals surface area (Å²) in [6.07, 6.45) is 2.37. The number of hydrogen-bond donors (Lipinski definition) is 1. The van der Waals surface area contributed by atoms with E-state index in [0.29, 0.717) is 13.0 Å². The molecular formula is C23H27FN4O. The van der Waals surface area contributed by atoms with Crippen LogP contribution in [0.2, 0.25) is 0 Å². The quantitative estimate of drug-likeness (QED) is 0.692. The summed E-state index contributed by atoms with van der Waals surface area (Å²) >= 11 is 0. The second kappa shape index (κ2) is 8.64. The molecule has 0 atom stereocenters. The van der Waals surface area contributed by atoms with Gasteiger partial charge in [0.2, 0.25) is 11.9 Å². The van der Waals surface area contributed by atoms with Crippen LogP contribution in [-0.2, 0) is 17.8 Å². The van der Waals surface area contributed by atoms with Crippen molar-refractivity contribution >= 4 is 22.9 Å². The largest absolute Gasteiger partial charge is 0.356 e. The van der Waals surface area contributed by atoms with Crippen molar-refractivity contribution in [3.05, 3.63) is 59.9 Å². The van der Waals surface area contributed by atoms with Gasteiger partial charge < -0.3 is 14.8 Å². The first-order chi connectivity index (χ1) is 14.2. The fourth-order valence-electron chi connectivity index (χ4n) is 4.08. The van der Waals surface area contributed by atoms with Crippen LogP contribution in [0.4, 0.5) is 10.3 Å². The number of aromatic nitrogens is 2. The van der Waals surface area contributed by atoms with Gasteiger partial charge in [-0.1, -0.05) is 24.3 Å². The number of fused-ring (bicyclic) bond motifs is 1. The SMILES string of the molecule is CCn1c(N2CCC(C(=O)NCCc3ccc(F)cc3)CC2)nc2ccccc21. The van der Waals surface area contributed by atoms with Gasteiger partial charge >= 0.3 is 0 Å². The Hall–Kier alpha value is -2.89. The van der Waals surface area contributed by atoms with E-state index in [2.05, 4.69) is 27.8 Å². The molecule has 2 heterocycles. The van der Waals surface area contributed by atoms with Gasteiger partial charge in [-0.05, 0) is 56.0 Å². The average molecular weight is 394 g/mol. The predicted octanol–water partition coefficient (Wildman–Crippen LogP) is 3.77. The van der Waals surface area contributed by atoms with Crippen molar-refractivity contribution in [1.29, 1.82) is 0 Å². The third kappa shape index (κ3) is 4.26. The van der Waals surface area contributed by atoms with Gasteiger partial charge in [0.15, 0.2) is 0 Å². The van der Waals surface area contributed by atoms with Crippen molar-refractivity contribution < 1.29 is 9.18 Å². The second-order valence-corrected chi connectivity index (χ2v) is 7.57. The number of hydrogen-bond acceptors (Lipinski definition) is 3. The highest BCUT2D eigenvalue weighted by Crippen LogP contribution is 2.27. The minimum Gasteiger partial charge on any atom is -0.356 e. The monoisotopic (exact) mass is 394 g/mol. The van der Waals surface area contributed by atoms with Crippen LogP contribution >= 0.6 is 0 Å². The Morgan fingerprint density at radius 1 is 1.14 bits per heavy atom. The van der Waals surface area contributed by atoms with Gasteiger partial charge in [-0.15, -0.1) is 0 Å². The molecule has 0 bridgehead atoms. The van der Waals surface area contributed by atoms with Gasteiger partial charge in [-0.3, -0.25) is 4.79 Å². The summed E-state index contributed by atoms with van der Waals surface area (Å²) in [5.74, 6) is 0.930. The summed E-state index contributed by atoms with van der Waals surface area (Å²) in [5, 5.41) is 3.04. The van der Waals surface area contributed by atoms with Gasteiger partial charge in [-0.25, -0.2) is 9.37 Å². The number of nitrogens with one attached hydrogen (secondary N) is 1. The van der Waals surface area contributed by atoms with E-state index in [1.54, 1.807) is 12.1 Å². The molecule has 4 rings (SSSR count). The van der Waals surface area contributed by atoms with Gasteiger partial charge in [0.05, 0.1) is 11.0 Å². The molecule has 6 heteroatoms. The first-order valence-electron chi connectivity index (χ1n) is 10.4. The number of benzene rings is 2. The lowest BCUT2D eigenvalue weighted by Gasteiger charge is -2.32. The maximum Gasteiger partial charge on any atom is 0.223 e. The molecule has 1 N–H and O–H groups in total. The smallest absolute Gasteiger partial charge is 0.223 e. The highest BCUT2D eigenvalue weighted by molar-refractivity contribution is 5.80. The fourth-order valence-corrected chi connectivity index (χ4v) is 4.08. The zero-order valence-electron chi connectivity index (χ0n) is 16.8. The minimum atomic E-state index is -0.235. The van der Waals surface area contributed by atoms with Crippen LogP contribution in [0, 0.1) is 11.7 Å². The molecule has 2 aromatic carbocycles. The summed E-state index contributed by atoms with van der Waals surface area (Å²) in [4.78, 5) is 19.7. The number of para-hydroxylation sites is 2. The van der Waals surface area contributed by atoms with E-state index in [1.807, 2.05) is 18.2 Å². The second-order valence-electron chi connectivity index (χ2n) is 7.57. The van der Waals surface area contributed by atoms with E-state index in [-0.39, 0.29) is 17.6 Å². The third-order valence-electron chi connectivity index (χ3n) is 5.73. The Labute approximate surface area is 170 Å². The molecule has 1 saturated heterocycles. The van der Waals surface area contributed by atoms with Crippen molar-refractivity contribution in [3.63, 3.8) is 0 Å². The van der Waals surface area contributed by atoms with E-state index in [4.69, 9.17) is 4.98 Å². The number of rotatable bonds is 6. The Kier molecular flexibility index (Phi) is 5.79. The van der Waals surface area contributed by atoms with Gasteiger partial charge in [0.1, 0.15) is 5.82 Å². The van der Waals surface area contributed by atoms with E-state index in [1.165, 1.54) is 12.1 Å². The summed E-state index contributed by atoms with van der Waals surface area (Å²) in [6, 6.07) is 14.7. The lowest BCUT2D eigenvalue weighted by Crippen LogP contribution is -2.41. The number of imidazole rings is 1. The Morgan fingerprint density at radius 2 is 1.86 bits per heavy atom. The number of carbonyl (C=O) groups excluding carboxylic acids is 1. The minimum absolute atomic E-state index is 0.0407. The predicted molar refractivity (Wildman–Crippen MR) is 113 cm³/mol. The zero-order valence-corrected chi connectivity index (χ0v) is 16.8. The van der Waals surface area contributed by atoms with Crippen LogP contribution in [0.15, 0.2) is 48.5 Å². The number of piperidine rings is 1. The molecular weight excluding hydrogens is 367 g/mol. The number of nitrogens with zero attached hydrogens (tertiary/aromatic N) is 3. The third-order valence-corrected chi connectivity index (χ3v) is 5.73. The number of anilines is 1. The normalized spacial score (nSPS) is 15.0. The Balaban J connectivity index is 1.31. The van der Waals surface area contributed by atoms with Crippen LogP contribution in [0.5, 0.6) is 0 Å². The molecule has 0 aliphatic carbocycles. The standard InChI is InChI=1S/C23H27FN4O/c1-2-28-21-6-4-3-5-20(21)26-23(28)27-15-12-18(13-16-27)22(29)25-14-11-17-7-9-19(24)10-8-17/h3-10,18H,2,11-16H2,1H3,(H,25,29). The maximum absolute atomic E-state index is 13.0. The lowest BCUT2D eigenvalue weighted by atomic mass is 9.96. The van der Waals surface area contributed by atoms with Gasteiger partial charge in [-0.2, -0.15) is 0 Å². The first-order valence-corrected chi connectivity index (χ1v) is 10.4. The van der Waals surface area contributed by atoms with E-state index >= 15 is 0 Å². The lowest BCUT2D eigenvalue weighted by molar-refractivity contribution is -0.125. The number of amides is 1. The summed E-state index contributed by atoms with van der Waals surface area (Å²) in [6.45, 7) is 5.26. The van der Waals surface area contributed by atoms with Gasteiger partial charge in [0.25, 0.3) is 0 Å². The molecule has 29 heavy (non-hydrogen) atoms. The van der Waals surface area contributed by atoms with Crippen LogP contribution < -0.4 is 10.2 Å². The van der Waals surface area contributed by atoms with Crippen molar-refractivity contribution in [2.24, 2.45) is 5.92 Å². The molecule has 0 spiro atoms. The number of carbonyl (C=O) groups is 1. The Bertz CT molecular complexity index is 974. The van der Waals surface area contributed by atoms with Crippen LogP contribution in [-0.4, -0.2) is 35.1 Å². The molecule has 1 aromatic heterocycles.